The van der Waals surface area contributed by atoms with Crippen LogP contribution in [-0.4, -0.2) is 53.4 Å². The van der Waals surface area contributed by atoms with Gasteiger partial charge in [0.1, 0.15) is 11.2 Å². The number of aliphatic hydroxyl groups excluding tert-OH is 2. The van der Waals surface area contributed by atoms with Gasteiger partial charge in [0.2, 0.25) is 11.8 Å². The maximum absolute atomic E-state index is 14.9. The molecule has 4 rings (SSSR count). The fourth-order valence-corrected chi connectivity index (χ4v) is 6.06. The van der Waals surface area contributed by atoms with Crippen LogP contribution in [0.5, 0.6) is 0 Å². The number of fused-ring (bicyclic) bond motifs is 2. The van der Waals surface area contributed by atoms with E-state index in [2.05, 4.69) is 16.0 Å². The van der Waals surface area contributed by atoms with Crippen molar-refractivity contribution in [2.24, 2.45) is 5.41 Å². The van der Waals surface area contributed by atoms with E-state index in [1.807, 2.05) is 26.8 Å². The summed E-state index contributed by atoms with van der Waals surface area (Å²) in [7, 11) is 0. The third kappa shape index (κ3) is 5.22. The van der Waals surface area contributed by atoms with E-state index in [1.165, 1.54) is 12.1 Å². The number of benzene rings is 2. The minimum atomic E-state index is -1.33. The van der Waals surface area contributed by atoms with E-state index in [-0.39, 0.29) is 35.2 Å². The van der Waals surface area contributed by atoms with Crippen LogP contribution in [0.3, 0.4) is 0 Å². The van der Waals surface area contributed by atoms with Crippen LogP contribution < -0.4 is 16.0 Å². The molecule has 2 heterocycles. The second-order valence-corrected chi connectivity index (χ2v) is 11.9. The SMILES string of the molecule is CC(C)(C)C[C@H]1N[C@@H](C(=O)NCC[C@H](O)CO)[C@H](c2cccc(Cl)c2)[C@@]12C(=O)Nc1cc(Cl)c(F)cc12. The van der Waals surface area contributed by atoms with Gasteiger partial charge in [-0.2, -0.15) is 0 Å². The van der Waals surface area contributed by atoms with Gasteiger partial charge in [-0.3, -0.25) is 9.59 Å². The van der Waals surface area contributed by atoms with Gasteiger partial charge in [0.05, 0.1) is 23.8 Å². The topological polar surface area (TPSA) is 111 Å². The fourth-order valence-electron chi connectivity index (χ4n) is 5.70. The molecule has 7 nitrogen and oxygen atoms in total. The van der Waals surface area contributed by atoms with Crippen molar-refractivity contribution in [1.29, 1.82) is 0 Å². The van der Waals surface area contributed by atoms with Crippen LogP contribution in [0.2, 0.25) is 10.0 Å². The quantitative estimate of drug-likeness (QED) is 0.360. The average Bonchev–Trinajstić information content (AvgIpc) is 3.28. The summed E-state index contributed by atoms with van der Waals surface area (Å²) in [6.45, 7) is 5.83. The molecule has 37 heavy (non-hydrogen) atoms. The summed E-state index contributed by atoms with van der Waals surface area (Å²) in [5.74, 6) is -2.10. The molecule has 2 aromatic rings. The minimum absolute atomic E-state index is 0.106. The van der Waals surface area contributed by atoms with Crippen LogP contribution in [0.15, 0.2) is 36.4 Å². The number of nitrogens with one attached hydrogen (secondary N) is 3. The summed E-state index contributed by atoms with van der Waals surface area (Å²) in [5, 5.41) is 28.3. The van der Waals surface area contributed by atoms with Gasteiger partial charge in [-0.05, 0) is 53.6 Å². The molecule has 0 saturated carbocycles. The summed E-state index contributed by atoms with van der Waals surface area (Å²) in [6, 6.07) is 8.30. The van der Waals surface area contributed by atoms with Crippen LogP contribution in [0.25, 0.3) is 0 Å². The van der Waals surface area contributed by atoms with Crippen molar-refractivity contribution in [1.82, 2.24) is 10.6 Å². The largest absolute Gasteiger partial charge is 0.394 e. The van der Waals surface area contributed by atoms with Crippen LogP contribution >= 0.6 is 23.2 Å². The molecule has 2 amide bonds. The Labute approximate surface area is 225 Å². The lowest BCUT2D eigenvalue weighted by Gasteiger charge is -2.37. The molecule has 5 atom stereocenters. The summed E-state index contributed by atoms with van der Waals surface area (Å²) in [4.78, 5) is 27.6. The molecular formula is C27H32Cl2FN3O4. The second kappa shape index (κ2) is 10.5. The van der Waals surface area contributed by atoms with Crippen LogP contribution in [0.4, 0.5) is 10.1 Å². The van der Waals surface area contributed by atoms with Crippen molar-refractivity contribution in [3.63, 3.8) is 0 Å². The normalized spacial score (nSPS) is 25.7. The Morgan fingerprint density at radius 2 is 1.97 bits per heavy atom. The predicted octanol–water partition coefficient (Wildman–Crippen LogP) is 3.74. The number of halogens is 3. The lowest BCUT2D eigenvalue weighted by molar-refractivity contribution is -0.124. The zero-order valence-electron chi connectivity index (χ0n) is 20.9. The number of amides is 2. The van der Waals surface area contributed by atoms with Crippen LogP contribution in [0.1, 0.15) is 50.7 Å². The van der Waals surface area contributed by atoms with Gasteiger partial charge in [-0.1, -0.05) is 56.1 Å². The second-order valence-electron chi connectivity index (χ2n) is 11.0. The molecule has 0 unspecified atom stereocenters. The molecule has 10 heteroatoms. The lowest BCUT2D eigenvalue weighted by Crippen LogP contribution is -2.49. The first-order valence-corrected chi connectivity index (χ1v) is 13.0. The van der Waals surface area contributed by atoms with Gasteiger partial charge in [0.25, 0.3) is 0 Å². The maximum atomic E-state index is 14.9. The fraction of sp³-hybridized carbons (Fsp3) is 0.481. The number of aliphatic hydroxyl groups is 2. The Morgan fingerprint density at radius 1 is 1.24 bits per heavy atom. The standard InChI is InChI=1S/C27H32Cl2FN3O4/c1-26(2,3)12-21-27(17-10-19(30)18(29)11-20(17)32-25(27)37)22(14-5-4-6-15(28)9-14)23(33-21)24(36)31-8-7-16(35)13-34/h4-6,9-11,16,21-23,33-35H,7-8,12-13H2,1-3H3,(H,31,36)(H,32,37)/t16-,21+,22-,23+,27-/m0/s1. The van der Waals surface area contributed by atoms with E-state index >= 15 is 0 Å². The number of hydrogen-bond acceptors (Lipinski definition) is 5. The molecule has 1 spiro atoms. The highest BCUT2D eigenvalue weighted by atomic mass is 35.5. The van der Waals surface area contributed by atoms with E-state index in [9.17, 15) is 19.1 Å². The zero-order valence-corrected chi connectivity index (χ0v) is 22.5. The van der Waals surface area contributed by atoms with E-state index in [0.29, 0.717) is 28.3 Å². The molecule has 0 aliphatic carbocycles. The summed E-state index contributed by atoms with van der Waals surface area (Å²) >= 11 is 12.4. The Kier molecular flexibility index (Phi) is 7.89. The van der Waals surface area contributed by atoms with Gasteiger partial charge in [-0.25, -0.2) is 4.39 Å². The van der Waals surface area contributed by atoms with Gasteiger partial charge in [0, 0.05) is 29.2 Å². The molecule has 2 aliphatic rings. The highest BCUT2D eigenvalue weighted by Gasteiger charge is 2.65. The number of rotatable bonds is 7. The van der Waals surface area contributed by atoms with Crippen molar-refractivity contribution < 1.29 is 24.2 Å². The van der Waals surface area contributed by atoms with Crippen molar-refractivity contribution in [3.8, 4) is 0 Å². The van der Waals surface area contributed by atoms with E-state index in [4.69, 9.17) is 28.3 Å². The molecule has 2 aliphatic heterocycles. The Bertz CT molecular complexity index is 1200. The number of carbonyl (C=O) groups excluding carboxylic acids is 2. The minimum Gasteiger partial charge on any atom is -0.394 e. The van der Waals surface area contributed by atoms with Gasteiger partial charge >= 0.3 is 0 Å². The van der Waals surface area contributed by atoms with Gasteiger partial charge in [0.15, 0.2) is 0 Å². The number of carbonyl (C=O) groups is 2. The molecule has 200 valence electrons. The molecule has 0 bridgehead atoms. The van der Waals surface area contributed by atoms with Gasteiger partial charge in [-0.15, -0.1) is 0 Å². The monoisotopic (exact) mass is 551 g/mol. The Morgan fingerprint density at radius 3 is 2.62 bits per heavy atom. The molecule has 0 radical (unpaired) electrons. The van der Waals surface area contributed by atoms with Crippen molar-refractivity contribution in [2.75, 3.05) is 18.5 Å². The average molecular weight is 552 g/mol. The zero-order chi connectivity index (χ0) is 27.1. The highest BCUT2D eigenvalue weighted by molar-refractivity contribution is 6.31. The first-order chi connectivity index (χ1) is 17.4. The van der Waals surface area contributed by atoms with E-state index in [1.54, 1.807) is 18.2 Å². The lowest BCUT2D eigenvalue weighted by atomic mass is 9.62. The van der Waals surface area contributed by atoms with Crippen LogP contribution in [-0.2, 0) is 15.0 Å². The Hall–Kier alpha value is -2.23. The molecule has 0 aromatic heterocycles. The van der Waals surface area contributed by atoms with E-state index in [0.717, 1.165) is 0 Å². The van der Waals surface area contributed by atoms with Crippen molar-refractivity contribution in [3.05, 3.63) is 63.4 Å². The molecular weight excluding hydrogens is 520 g/mol. The first-order valence-electron chi connectivity index (χ1n) is 12.3. The predicted molar refractivity (Wildman–Crippen MR) is 141 cm³/mol. The molecule has 1 saturated heterocycles. The Balaban J connectivity index is 1.89. The molecule has 1 fully saturated rings. The van der Waals surface area contributed by atoms with Crippen molar-refractivity contribution in [2.45, 2.75) is 63.1 Å². The molecule has 5 N–H and O–H groups in total. The van der Waals surface area contributed by atoms with Gasteiger partial charge < -0.3 is 26.2 Å². The summed E-state index contributed by atoms with van der Waals surface area (Å²) in [5.41, 5.74) is -0.0573. The number of hydrogen-bond donors (Lipinski definition) is 5. The third-order valence-corrected chi connectivity index (χ3v) is 7.70. The summed E-state index contributed by atoms with van der Waals surface area (Å²) in [6.07, 6.45) is -0.282. The highest BCUT2D eigenvalue weighted by Crippen LogP contribution is 2.57. The summed E-state index contributed by atoms with van der Waals surface area (Å²) < 4.78 is 14.9. The van der Waals surface area contributed by atoms with Crippen LogP contribution in [0, 0.1) is 11.2 Å². The smallest absolute Gasteiger partial charge is 0.237 e. The molecule has 2 aromatic carbocycles. The third-order valence-electron chi connectivity index (χ3n) is 7.18. The maximum Gasteiger partial charge on any atom is 0.237 e. The van der Waals surface area contributed by atoms with Crippen molar-refractivity contribution >= 4 is 40.7 Å². The first kappa shape index (κ1) is 27.8. The number of anilines is 1. The van der Waals surface area contributed by atoms with E-state index < -0.39 is 41.9 Å².